The minimum Gasteiger partial charge on any atom is -0.516 e. The molecule has 0 aliphatic carbocycles. The van der Waals surface area contributed by atoms with E-state index >= 15 is 0 Å². The molecule has 17 heavy (non-hydrogen) atoms. The first-order valence-corrected chi connectivity index (χ1v) is 6.63. The molecule has 0 aliphatic heterocycles. The molecule has 102 valence electrons. The minimum atomic E-state index is -0.833. The summed E-state index contributed by atoms with van der Waals surface area (Å²) in [5.74, 6) is -0.833. The normalized spacial score (nSPS) is 10.0. The number of unbranched alkanes of at least 4 members (excludes halogenated alkanes) is 8. The fourth-order valence-electron chi connectivity index (χ4n) is 1.47. The van der Waals surface area contributed by atoms with Gasteiger partial charge in [-0.05, 0) is 12.8 Å². The predicted octanol–water partition coefficient (Wildman–Crippen LogP) is 4.68. The summed E-state index contributed by atoms with van der Waals surface area (Å²) in [7, 11) is 0. The Bertz CT molecular complexity index is 172. The van der Waals surface area contributed by atoms with E-state index in [-0.39, 0.29) is 0 Å². The number of aliphatic hydroxyl groups is 1. The zero-order valence-electron chi connectivity index (χ0n) is 11.3. The van der Waals surface area contributed by atoms with E-state index in [0.717, 1.165) is 19.6 Å². The van der Waals surface area contributed by atoms with E-state index in [1.54, 1.807) is 0 Å². The van der Waals surface area contributed by atoms with Crippen LogP contribution in [-0.2, 0) is 4.79 Å². The van der Waals surface area contributed by atoms with Crippen LogP contribution in [0.5, 0.6) is 0 Å². The topological polar surface area (TPSA) is 57.5 Å². The van der Waals surface area contributed by atoms with Crippen LogP contribution in [0.15, 0.2) is 12.3 Å². The van der Waals surface area contributed by atoms with Crippen LogP contribution in [-0.4, -0.2) is 16.2 Å². The van der Waals surface area contributed by atoms with Crippen molar-refractivity contribution in [2.24, 2.45) is 0 Å². The molecule has 0 saturated carbocycles. The Morgan fingerprint density at radius 2 is 1.41 bits per heavy atom. The van der Waals surface area contributed by atoms with Crippen molar-refractivity contribution in [3.63, 3.8) is 0 Å². The highest BCUT2D eigenvalue weighted by Gasteiger charge is 1.89. The molecule has 0 spiro atoms. The van der Waals surface area contributed by atoms with Crippen LogP contribution < -0.4 is 0 Å². The number of carbonyl (C=O) groups is 1. The highest BCUT2D eigenvalue weighted by Crippen LogP contribution is 2.09. The molecule has 0 aromatic rings. The lowest BCUT2D eigenvalue weighted by molar-refractivity contribution is -0.134. The second-order valence-electron chi connectivity index (χ2n) is 4.17. The molecule has 0 atom stereocenters. The van der Waals surface area contributed by atoms with Gasteiger partial charge in [0, 0.05) is 6.92 Å². The molecule has 3 nitrogen and oxygen atoms in total. The summed E-state index contributed by atoms with van der Waals surface area (Å²) >= 11 is 0. The van der Waals surface area contributed by atoms with Crippen LogP contribution in [0.2, 0.25) is 0 Å². The summed E-state index contributed by atoms with van der Waals surface area (Å²) < 4.78 is 0. The van der Waals surface area contributed by atoms with Crippen molar-refractivity contribution in [2.45, 2.75) is 71.6 Å². The van der Waals surface area contributed by atoms with Gasteiger partial charge in [0.25, 0.3) is 5.97 Å². The highest BCUT2D eigenvalue weighted by molar-refractivity contribution is 5.62. The zero-order valence-corrected chi connectivity index (χ0v) is 11.3. The van der Waals surface area contributed by atoms with E-state index in [1.165, 1.54) is 51.4 Å². The Labute approximate surface area is 106 Å². The van der Waals surface area contributed by atoms with E-state index < -0.39 is 5.97 Å². The number of hydrogen-bond acceptors (Lipinski definition) is 2. The van der Waals surface area contributed by atoms with Crippen LogP contribution in [0, 0.1) is 0 Å². The third-order valence-corrected chi connectivity index (χ3v) is 2.33. The second kappa shape index (κ2) is 17.4. The van der Waals surface area contributed by atoms with Gasteiger partial charge >= 0.3 is 0 Å². The zero-order chi connectivity index (χ0) is 13.4. The third-order valence-electron chi connectivity index (χ3n) is 2.33. The number of aliphatic hydroxyl groups excluding tert-OH is 1. The molecule has 0 radical (unpaired) electrons. The summed E-state index contributed by atoms with van der Waals surface area (Å²) in [6.45, 7) is 3.33. The highest BCUT2D eigenvalue weighted by atomic mass is 16.4. The lowest BCUT2D eigenvalue weighted by Gasteiger charge is -1.99. The minimum absolute atomic E-state index is 0.833. The molecule has 0 fully saturated rings. The number of carboxylic acids is 1. The van der Waals surface area contributed by atoms with Crippen molar-refractivity contribution >= 4 is 5.97 Å². The van der Waals surface area contributed by atoms with Gasteiger partial charge < -0.3 is 10.2 Å². The smallest absolute Gasteiger partial charge is 0.300 e. The molecule has 0 rings (SSSR count). The van der Waals surface area contributed by atoms with Gasteiger partial charge in [-0.15, -0.1) is 0 Å². The molecule has 0 aromatic carbocycles. The summed E-state index contributed by atoms with van der Waals surface area (Å²) in [4.78, 5) is 9.00. The third kappa shape index (κ3) is 31.3. The summed E-state index contributed by atoms with van der Waals surface area (Å²) in [5, 5.41) is 15.8. The van der Waals surface area contributed by atoms with E-state index in [2.05, 4.69) is 6.92 Å². The van der Waals surface area contributed by atoms with Gasteiger partial charge in [0.1, 0.15) is 0 Å². The molecular formula is C14H28O3. The Hall–Kier alpha value is -0.990. The van der Waals surface area contributed by atoms with Gasteiger partial charge in [0.2, 0.25) is 0 Å². The van der Waals surface area contributed by atoms with Crippen LogP contribution in [0.3, 0.4) is 0 Å². The molecule has 0 saturated heterocycles. The van der Waals surface area contributed by atoms with Crippen LogP contribution in [0.4, 0.5) is 0 Å². The standard InChI is InChI=1S/C12H24O.C2H4O2/c1-2-3-4-5-6-7-8-9-10-11-12-13;1-2(3)4/h11-13H,2-10H2,1H3;1H3,(H,3,4). The Kier molecular flexibility index (Phi) is 18.8. The maximum Gasteiger partial charge on any atom is 0.300 e. The largest absolute Gasteiger partial charge is 0.516 e. The van der Waals surface area contributed by atoms with Crippen molar-refractivity contribution in [1.82, 2.24) is 0 Å². The van der Waals surface area contributed by atoms with Gasteiger partial charge in [-0.25, -0.2) is 0 Å². The maximum atomic E-state index is 9.00. The first kappa shape index (κ1) is 18.4. The number of aliphatic carboxylic acids is 1. The van der Waals surface area contributed by atoms with Crippen molar-refractivity contribution in [2.75, 3.05) is 0 Å². The maximum absolute atomic E-state index is 9.00. The van der Waals surface area contributed by atoms with Gasteiger partial charge in [-0.2, -0.15) is 0 Å². The molecule has 0 bridgehead atoms. The number of carboxylic acid groups (broad SMARTS) is 1. The van der Waals surface area contributed by atoms with Crippen molar-refractivity contribution < 1.29 is 15.0 Å². The quantitative estimate of drug-likeness (QED) is 0.457. The van der Waals surface area contributed by atoms with E-state index in [9.17, 15) is 0 Å². The molecule has 0 heterocycles. The second-order valence-corrected chi connectivity index (χ2v) is 4.17. The van der Waals surface area contributed by atoms with E-state index in [0.29, 0.717) is 0 Å². The lowest BCUT2D eigenvalue weighted by atomic mass is 10.1. The Morgan fingerprint density at radius 1 is 1.00 bits per heavy atom. The average molecular weight is 244 g/mol. The van der Waals surface area contributed by atoms with Gasteiger partial charge in [0.05, 0.1) is 6.26 Å². The number of allylic oxidation sites excluding steroid dienone is 1. The molecule has 0 aliphatic rings. The van der Waals surface area contributed by atoms with Crippen molar-refractivity contribution in [3.05, 3.63) is 12.3 Å². The van der Waals surface area contributed by atoms with E-state index in [1.807, 2.05) is 6.08 Å². The first-order chi connectivity index (χ1) is 8.15. The monoisotopic (exact) mass is 244 g/mol. The summed E-state index contributed by atoms with van der Waals surface area (Å²) in [5.41, 5.74) is 0. The fourth-order valence-corrected chi connectivity index (χ4v) is 1.47. The fraction of sp³-hybridized carbons (Fsp3) is 0.786. The Balaban J connectivity index is 0. The molecule has 0 amide bonds. The van der Waals surface area contributed by atoms with Gasteiger partial charge in [0.15, 0.2) is 0 Å². The van der Waals surface area contributed by atoms with Crippen molar-refractivity contribution in [3.8, 4) is 0 Å². The first-order valence-electron chi connectivity index (χ1n) is 6.63. The SMILES string of the molecule is CC(=O)O.CCCCCCCCCCC=CO. The molecule has 0 unspecified atom stereocenters. The summed E-state index contributed by atoms with van der Waals surface area (Å²) in [6, 6.07) is 0. The van der Waals surface area contributed by atoms with Crippen LogP contribution >= 0.6 is 0 Å². The summed E-state index contributed by atoms with van der Waals surface area (Å²) in [6.07, 6.45) is 14.9. The van der Waals surface area contributed by atoms with E-state index in [4.69, 9.17) is 15.0 Å². The average Bonchev–Trinajstić information content (AvgIpc) is 2.26. The van der Waals surface area contributed by atoms with Gasteiger partial charge in [-0.3, -0.25) is 4.79 Å². The van der Waals surface area contributed by atoms with Crippen LogP contribution in [0.1, 0.15) is 71.6 Å². The van der Waals surface area contributed by atoms with Gasteiger partial charge in [-0.1, -0.05) is 57.9 Å². The van der Waals surface area contributed by atoms with Crippen molar-refractivity contribution in [1.29, 1.82) is 0 Å². The molecule has 2 N–H and O–H groups in total. The lowest BCUT2D eigenvalue weighted by Crippen LogP contribution is -1.79. The molecule has 0 aromatic heterocycles. The number of rotatable bonds is 9. The van der Waals surface area contributed by atoms with Crippen LogP contribution in [0.25, 0.3) is 0 Å². The molecule has 3 heteroatoms. The molecular weight excluding hydrogens is 216 g/mol. The number of hydrogen-bond donors (Lipinski definition) is 2. The Morgan fingerprint density at radius 3 is 1.82 bits per heavy atom. The predicted molar refractivity (Wildman–Crippen MR) is 72.3 cm³/mol.